The van der Waals surface area contributed by atoms with Crippen LogP contribution in [0.3, 0.4) is 0 Å². The Morgan fingerprint density at radius 2 is 2.04 bits per heavy atom. The van der Waals surface area contributed by atoms with Crippen LogP contribution >= 0.6 is 0 Å². The number of benzene rings is 1. The van der Waals surface area contributed by atoms with Gasteiger partial charge in [0, 0.05) is 49.3 Å². The van der Waals surface area contributed by atoms with Gasteiger partial charge in [-0.25, -0.2) is 4.79 Å². The van der Waals surface area contributed by atoms with E-state index in [0.29, 0.717) is 17.8 Å². The molecule has 1 aromatic heterocycles. The first-order valence-corrected chi connectivity index (χ1v) is 10.1. The monoisotopic (exact) mass is 383 g/mol. The Balaban J connectivity index is 1.56. The number of amides is 3. The van der Waals surface area contributed by atoms with Gasteiger partial charge in [-0.05, 0) is 62.4 Å². The number of likely N-dealkylation sites (tertiary alicyclic amines) is 1. The van der Waals surface area contributed by atoms with E-state index in [1.807, 2.05) is 28.8 Å². The smallest absolute Gasteiger partial charge is 0.322 e. The summed E-state index contributed by atoms with van der Waals surface area (Å²) < 4.78 is 1.91. The standard InChI is InChI=1S/C21H29N5O2/c1-2-12-22-20(27)17-7-9-18(10-8-17)24-21(28)26-15-4-3-6-19(26)11-16-25-14-5-13-23-25/h5,7-10,13-14,19H,2-4,6,11-12,15-16H2,1H3,(H,22,27)(H,24,28)/t19-/m1/s1. The van der Waals surface area contributed by atoms with E-state index in [2.05, 4.69) is 15.7 Å². The van der Waals surface area contributed by atoms with Gasteiger partial charge in [-0.15, -0.1) is 0 Å². The second-order valence-electron chi connectivity index (χ2n) is 7.16. The van der Waals surface area contributed by atoms with Crippen molar-refractivity contribution in [3.8, 4) is 0 Å². The zero-order valence-electron chi connectivity index (χ0n) is 16.4. The minimum Gasteiger partial charge on any atom is -0.352 e. The van der Waals surface area contributed by atoms with Crippen LogP contribution in [0.2, 0.25) is 0 Å². The van der Waals surface area contributed by atoms with Crippen molar-refractivity contribution in [2.75, 3.05) is 18.4 Å². The van der Waals surface area contributed by atoms with Crippen LogP contribution in [0.4, 0.5) is 10.5 Å². The van der Waals surface area contributed by atoms with Gasteiger partial charge < -0.3 is 15.5 Å². The van der Waals surface area contributed by atoms with E-state index in [0.717, 1.165) is 45.2 Å². The van der Waals surface area contributed by atoms with Crippen molar-refractivity contribution in [2.24, 2.45) is 0 Å². The summed E-state index contributed by atoms with van der Waals surface area (Å²) in [5.41, 5.74) is 1.30. The van der Waals surface area contributed by atoms with E-state index >= 15 is 0 Å². The van der Waals surface area contributed by atoms with Crippen LogP contribution in [0.25, 0.3) is 0 Å². The first-order valence-electron chi connectivity index (χ1n) is 10.1. The average Bonchev–Trinajstić information content (AvgIpc) is 3.25. The minimum absolute atomic E-state index is 0.0756. The van der Waals surface area contributed by atoms with Gasteiger partial charge >= 0.3 is 6.03 Å². The molecule has 1 aliphatic rings. The largest absolute Gasteiger partial charge is 0.352 e. The lowest BCUT2D eigenvalue weighted by Crippen LogP contribution is -2.46. The van der Waals surface area contributed by atoms with E-state index in [-0.39, 0.29) is 18.0 Å². The Morgan fingerprint density at radius 1 is 1.21 bits per heavy atom. The molecule has 1 aromatic carbocycles. The van der Waals surface area contributed by atoms with Gasteiger partial charge in [0.1, 0.15) is 0 Å². The number of anilines is 1. The fraction of sp³-hybridized carbons (Fsp3) is 0.476. The lowest BCUT2D eigenvalue weighted by molar-refractivity contribution is 0.0953. The minimum atomic E-state index is -0.0885. The molecule has 1 aliphatic heterocycles. The summed E-state index contributed by atoms with van der Waals surface area (Å²) in [6.07, 6.45) is 8.72. The number of hydrogen-bond donors (Lipinski definition) is 2. The van der Waals surface area contributed by atoms with Crippen LogP contribution in [0, 0.1) is 0 Å². The molecule has 3 amide bonds. The molecule has 2 aromatic rings. The van der Waals surface area contributed by atoms with Crippen LogP contribution < -0.4 is 10.6 Å². The molecule has 2 heterocycles. The van der Waals surface area contributed by atoms with Crippen molar-refractivity contribution in [3.63, 3.8) is 0 Å². The Labute approximate surface area is 166 Å². The normalized spacial score (nSPS) is 16.6. The second-order valence-corrected chi connectivity index (χ2v) is 7.16. The summed E-state index contributed by atoms with van der Waals surface area (Å²) in [5.74, 6) is -0.0885. The van der Waals surface area contributed by atoms with E-state index < -0.39 is 0 Å². The maximum Gasteiger partial charge on any atom is 0.322 e. The molecule has 0 bridgehead atoms. The summed E-state index contributed by atoms with van der Waals surface area (Å²) in [7, 11) is 0. The fourth-order valence-electron chi connectivity index (χ4n) is 3.52. The van der Waals surface area contributed by atoms with Gasteiger partial charge in [0.2, 0.25) is 0 Å². The Kier molecular flexibility index (Phi) is 7.06. The zero-order chi connectivity index (χ0) is 19.8. The Bertz CT molecular complexity index is 758. The van der Waals surface area contributed by atoms with E-state index in [4.69, 9.17) is 0 Å². The van der Waals surface area contributed by atoms with Crippen LogP contribution in [0.15, 0.2) is 42.7 Å². The molecule has 150 valence electrons. The number of rotatable bonds is 7. The molecule has 1 atom stereocenters. The third kappa shape index (κ3) is 5.34. The quantitative estimate of drug-likeness (QED) is 0.768. The van der Waals surface area contributed by atoms with Crippen molar-refractivity contribution in [1.82, 2.24) is 20.0 Å². The molecule has 1 saturated heterocycles. The number of hydrogen-bond acceptors (Lipinski definition) is 3. The number of nitrogens with zero attached hydrogens (tertiary/aromatic N) is 3. The first kappa shape index (κ1) is 19.9. The maximum absolute atomic E-state index is 12.8. The van der Waals surface area contributed by atoms with Gasteiger partial charge in [-0.2, -0.15) is 5.10 Å². The summed E-state index contributed by atoms with van der Waals surface area (Å²) in [5, 5.41) is 10.1. The number of carbonyl (C=O) groups excluding carboxylic acids is 2. The number of aromatic nitrogens is 2. The third-order valence-electron chi connectivity index (χ3n) is 5.07. The van der Waals surface area contributed by atoms with E-state index in [1.165, 1.54) is 0 Å². The molecule has 0 unspecified atom stereocenters. The van der Waals surface area contributed by atoms with Gasteiger partial charge in [-0.1, -0.05) is 6.92 Å². The molecule has 0 spiro atoms. The van der Waals surface area contributed by atoms with Gasteiger partial charge in [0.25, 0.3) is 5.91 Å². The van der Waals surface area contributed by atoms with Crippen LogP contribution in [-0.4, -0.2) is 45.8 Å². The lowest BCUT2D eigenvalue weighted by atomic mass is 10.00. The van der Waals surface area contributed by atoms with E-state index in [1.54, 1.807) is 30.5 Å². The fourth-order valence-corrected chi connectivity index (χ4v) is 3.52. The number of aryl methyl sites for hydroxylation is 1. The highest BCUT2D eigenvalue weighted by molar-refractivity contribution is 5.95. The molecule has 7 nitrogen and oxygen atoms in total. The molecule has 7 heteroatoms. The summed E-state index contributed by atoms with van der Waals surface area (Å²) in [6.45, 7) is 4.25. The van der Waals surface area contributed by atoms with Crippen molar-refractivity contribution in [3.05, 3.63) is 48.3 Å². The van der Waals surface area contributed by atoms with Crippen LogP contribution in [-0.2, 0) is 6.54 Å². The number of piperidine rings is 1. The van der Waals surface area contributed by atoms with Crippen LogP contribution in [0.1, 0.15) is 49.4 Å². The maximum atomic E-state index is 12.8. The molecule has 3 rings (SSSR count). The Hall–Kier alpha value is -2.83. The molecular formula is C21H29N5O2. The lowest BCUT2D eigenvalue weighted by Gasteiger charge is -2.35. The molecule has 0 radical (unpaired) electrons. The number of carbonyl (C=O) groups is 2. The number of nitrogens with one attached hydrogen (secondary N) is 2. The topological polar surface area (TPSA) is 79.3 Å². The molecule has 1 fully saturated rings. The number of urea groups is 1. The highest BCUT2D eigenvalue weighted by Crippen LogP contribution is 2.22. The van der Waals surface area contributed by atoms with Gasteiger partial charge in [0.05, 0.1) is 0 Å². The summed E-state index contributed by atoms with van der Waals surface area (Å²) >= 11 is 0. The second kappa shape index (κ2) is 9.92. The highest BCUT2D eigenvalue weighted by Gasteiger charge is 2.26. The molecule has 0 saturated carbocycles. The SMILES string of the molecule is CCCNC(=O)c1ccc(NC(=O)N2CCCC[C@@H]2CCn2cccn2)cc1. The highest BCUT2D eigenvalue weighted by atomic mass is 16.2. The summed E-state index contributed by atoms with van der Waals surface area (Å²) in [6, 6.07) is 9.10. The molecular weight excluding hydrogens is 354 g/mol. The Morgan fingerprint density at radius 3 is 2.75 bits per heavy atom. The predicted molar refractivity (Wildman–Crippen MR) is 109 cm³/mol. The molecule has 28 heavy (non-hydrogen) atoms. The average molecular weight is 383 g/mol. The zero-order valence-corrected chi connectivity index (χ0v) is 16.4. The van der Waals surface area contributed by atoms with Crippen LogP contribution in [0.5, 0.6) is 0 Å². The predicted octanol–water partition coefficient (Wildman–Crippen LogP) is 3.50. The van der Waals surface area contributed by atoms with Crippen molar-refractivity contribution in [1.29, 1.82) is 0 Å². The van der Waals surface area contributed by atoms with Gasteiger partial charge in [-0.3, -0.25) is 9.48 Å². The first-order chi connectivity index (χ1) is 13.7. The van der Waals surface area contributed by atoms with E-state index in [9.17, 15) is 9.59 Å². The molecule has 0 aliphatic carbocycles. The van der Waals surface area contributed by atoms with Crippen molar-refractivity contribution in [2.45, 2.75) is 51.6 Å². The molecule has 2 N–H and O–H groups in total. The third-order valence-corrected chi connectivity index (χ3v) is 5.07. The van der Waals surface area contributed by atoms with Gasteiger partial charge in [0.15, 0.2) is 0 Å². The van der Waals surface area contributed by atoms with Crippen molar-refractivity contribution >= 4 is 17.6 Å². The van der Waals surface area contributed by atoms with Crippen molar-refractivity contribution < 1.29 is 9.59 Å². The summed E-state index contributed by atoms with van der Waals surface area (Å²) in [4.78, 5) is 26.7.